The van der Waals surface area contributed by atoms with Crippen LogP contribution in [0, 0.1) is 5.92 Å². The monoisotopic (exact) mass is 380 g/mol. The maximum Gasteiger partial charge on any atom is 0.315 e. The van der Waals surface area contributed by atoms with Gasteiger partial charge in [0.1, 0.15) is 0 Å². The number of hydrogen-bond acceptors (Lipinski definition) is 3. The van der Waals surface area contributed by atoms with Crippen molar-refractivity contribution in [2.75, 3.05) is 40.3 Å². The molecule has 0 unspecified atom stereocenters. The predicted molar refractivity (Wildman–Crippen MR) is 114 cm³/mol. The van der Waals surface area contributed by atoms with Crippen LogP contribution < -0.4 is 10.6 Å². The number of likely N-dealkylation sites (tertiary alicyclic amines) is 1. The quantitative estimate of drug-likeness (QED) is 0.740. The fourth-order valence-corrected chi connectivity index (χ4v) is 3.93. The molecular formula is C23H32N4O. The molecule has 5 heteroatoms. The number of nitrogens with one attached hydrogen (secondary N) is 2. The van der Waals surface area contributed by atoms with Gasteiger partial charge in [0, 0.05) is 44.7 Å². The number of amides is 2. The Morgan fingerprint density at radius 2 is 1.64 bits per heavy atom. The normalized spacial score (nSPS) is 19.7. The molecule has 1 aliphatic heterocycles. The first kappa shape index (κ1) is 20.4. The summed E-state index contributed by atoms with van der Waals surface area (Å²) in [5.41, 5.74) is 2.56. The van der Waals surface area contributed by atoms with Gasteiger partial charge in [-0.05, 0) is 31.6 Å². The highest BCUT2D eigenvalue weighted by atomic mass is 16.2. The van der Waals surface area contributed by atoms with E-state index in [9.17, 15) is 4.79 Å². The fraction of sp³-hybridized carbons (Fsp3) is 0.435. The zero-order valence-corrected chi connectivity index (χ0v) is 17.0. The molecule has 0 radical (unpaired) electrons. The van der Waals surface area contributed by atoms with Crippen molar-refractivity contribution in [2.45, 2.75) is 19.0 Å². The summed E-state index contributed by atoms with van der Waals surface area (Å²) in [6.45, 7) is 4.44. The van der Waals surface area contributed by atoms with E-state index in [0.29, 0.717) is 12.5 Å². The van der Waals surface area contributed by atoms with Crippen LogP contribution >= 0.6 is 0 Å². The molecule has 2 aromatic carbocycles. The molecule has 0 aromatic heterocycles. The Morgan fingerprint density at radius 1 is 1.00 bits per heavy atom. The van der Waals surface area contributed by atoms with Gasteiger partial charge in [-0.25, -0.2) is 4.79 Å². The molecule has 2 atom stereocenters. The van der Waals surface area contributed by atoms with Gasteiger partial charge in [-0.1, -0.05) is 60.7 Å². The van der Waals surface area contributed by atoms with Crippen molar-refractivity contribution in [3.05, 3.63) is 71.8 Å². The molecular weight excluding hydrogens is 348 g/mol. The molecule has 1 heterocycles. The van der Waals surface area contributed by atoms with Crippen molar-refractivity contribution in [1.82, 2.24) is 20.4 Å². The lowest BCUT2D eigenvalue weighted by Crippen LogP contribution is -2.48. The van der Waals surface area contributed by atoms with Crippen molar-refractivity contribution in [3.63, 3.8) is 0 Å². The summed E-state index contributed by atoms with van der Waals surface area (Å²) in [4.78, 5) is 17.1. The summed E-state index contributed by atoms with van der Waals surface area (Å²) in [6, 6.07) is 20.9. The minimum absolute atomic E-state index is 0.0637. The highest BCUT2D eigenvalue weighted by Crippen LogP contribution is 2.20. The molecule has 2 amide bonds. The number of urea groups is 1. The van der Waals surface area contributed by atoms with Crippen LogP contribution in [0.5, 0.6) is 0 Å². The highest BCUT2D eigenvalue weighted by Gasteiger charge is 2.33. The Hall–Kier alpha value is -2.37. The molecule has 1 aliphatic rings. The van der Waals surface area contributed by atoms with Crippen LogP contribution in [-0.2, 0) is 13.0 Å². The lowest BCUT2D eigenvalue weighted by atomic mass is 10.0. The highest BCUT2D eigenvalue weighted by molar-refractivity contribution is 5.74. The molecule has 0 bridgehead atoms. The van der Waals surface area contributed by atoms with E-state index in [1.807, 2.05) is 24.3 Å². The minimum atomic E-state index is -0.0637. The fourth-order valence-electron chi connectivity index (χ4n) is 3.93. The van der Waals surface area contributed by atoms with E-state index >= 15 is 0 Å². The average Bonchev–Trinajstić information content (AvgIpc) is 3.03. The molecule has 0 saturated carbocycles. The summed E-state index contributed by atoms with van der Waals surface area (Å²) < 4.78 is 0. The first-order valence-electron chi connectivity index (χ1n) is 10.1. The van der Waals surface area contributed by atoms with Gasteiger partial charge in [-0.3, -0.25) is 4.90 Å². The minimum Gasteiger partial charge on any atom is -0.338 e. The number of hydrogen-bond donors (Lipinski definition) is 2. The Labute approximate surface area is 168 Å². The molecule has 0 aliphatic carbocycles. The summed E-state index contributed by atoms with van der Waals surface area (Å²) in [5, 5.41) is 6.23. The van der Waals surface area contributed by atoms with E-state index in [1.54, 1.807) is 0 Å². The number of benzene rings is 2. The van der Waals surface area contributed by atoms with Crippen LogP contribution in [0.1, 0.15) is 11.1 Å². The zero-order chi connectivity index (χ0) is 19.8. The van der Waals surface area contributed by atoms with Gasteiger partial charge in [0.25, 0.3) is 0 Å². The standard InChI is InChI=1S/C23H32N4O/c1-26(2)16-21-17-27(15-20-11-7-4-8-12-20)18-22(21)25-23(28)24-14-13-19-9-5-3-6-10-19/h3-12,21-22H,13-18H2,1-2H3,(H2,24,25,28)/t21-,22-/m1/s1. The first-order valence-corrected chi connectivity index (χ1v) is 10.1. The number of carbonyl (C=O) groups excluding carboxylic acids is 1. The third kappa shape index (κ3) is 6.36. The van der Waals surface area contributed by atoms with Crippen LogP contribution in [-0.4, -0.2) is 62.1 Å². The SMILES string of the molecule is CN(C)C[C@@H]1CN(Cc2ccccc2)C[C@H]1NC(=O)NCCc1ccccc1. The van der Waals surface area contributed by atoms with Crippen LogP contribution in [0.2, 0.25) is 0 Å². The number of rotatable bonds is 8. The zero-order valence-electron chi connectivity index (χ0n) is 17.0. The van der Waals surface area contributed by atoms with Gasteiger partial charge in [0.05, 0.1) is 0 Å². The van der Waals surface area contributed by atoms with Gasteiger partial charge in [-0.2, -0.15) is 0 Å². The molecule has 2 aromatic rings. The van der Waals surface area contributed by atoms with Crippen LogP contribution in [0.15, 0.2) is 60.7 Å². The van der Waals surface area contributed by atoms with Crippen molar-refractivity contribution in [3.8, 4) is 0 Å². The number of nitrogens with zero attached hydrogens (tertiary/aromatic N) is 2. The summed E-state index contributed by atoms with van der Waals surface area (Å²) >= 11 is 0. The second kappa shape index (κ2) is 10.2. The first-order chi connectivity index (χ1) is 13.6. The van der Waals surface area contributed by atoms with Crippen molar-refractivity contribution >= 4 is 6.03 Å². The predicted octanol–water partition coefficient (Wildman–Crippen LogP) is 2.59. The Balaban J connectivity index is 1.50. The summed E-state index contributed by atoms with van der Waals surface area (Å²) in [7, 11) is 4.19. The molecule has 3 rings (SSSR count). The maximum absolute atomic E-state index is 12.4. The second-order valence-electron chi connectivity index (χ2n) is 7.94. The second-order valence-corrected chi connectivity index (χ2v) is 7.94. The van der Waals surface area contributed by atoms with E-state index in [-0.39, 0.29) is 12.1 Å². The Bertz CT molecular complexity index is 720. The lowest BCUT2D eigenvalue weighted by Gasteiger charge is -2.23. The molecule has 0 spiro atoms. The van der Waals surface area contributed by atoms with E-state index in [4.69, 9.17) is 0 Å². The Kier molecular flexibility index (Phi) is 7.46. The van der Waals surface area contributed by atoms with Gasteiger partial charge in [0.15, 0.2) is 0 Å². The summed E-state index contributed by atoms with van der Waals surface area (Å²) in [5.74, 6) is 0.429. The van der Waals surface area contributed by atoms with Crippen LogP contribution in [0.25, 0.3) is 0 Å². The Morgan fingerprint density at radius 3 is 2.29 bits per heavy atom. The topological polar surface area (TPSA) is 47.6 Å². The van der Waals surface area contributed by atoms with Crippen molar-refractivity contribution in [1.29, 1.82) is 0 Å². The smallest absolute Gasteiger partial charge is 0.315 e. The van der Waals surface area contributed by atoms with E-state index in [0.717, 1.165) is 32.6 Å². The third-order valence-corrected chi connectivity index (χ3v) is 5.22. The summed E-state index contributed by atoms with van der Waals surface area (Å²) in [6.07, 6.45) is 0.847. The molecule has 5 nitrogen and oxygen atoms in total. The van der Waals surface area contributed by atoms with Crippen LogP contribution in [0.4, 0.5) is 4.79 Å². The number of carbonyl (C=O) groups is 1. The maximum atomic E-state index is 12.4. The molecule has 1 fully saturated rings. The van der Waals surface area contributed by atoms with E-state index < -0.39 is 0 Å². The molecule has 28 heavy (non-hydrogen) atoms. The van der Waals surface area contributed by atoms with Gasteiger partial charge >= 0.3 is 6.03 Å². The average molecular weight is 381 g/mol. The van der Waals surface area contributed by atoms with Gasteiger partial charge < -0.3 is 15.5 Å². The lowest BCUT2D eigenvalue weighted by molar-refractivity contribution is 0.231. The van der Waals surface area contributed by atoms with E-state index in [1.165, 1.54) is 11.1 Å². The van der Waals surface area contributed by atoms with Gasteiger partial charge in [-0.15, -0.1) is 0 Å². The van der Waals surface area contributed by atoms with Crippen molar-refractivity contribution < 1.29 is 4.79 Å². The molecule has 150 valence electrons. The van der Waals surface area contributed by atoms with Crippen molar-refractivity contribution in [2.24, 2.45) is 5.92 Å². The third-order valence-electron chi connectivity index (χ3n) is 5.22. The van der Waals surface area contributed by atoms with Crippen LogP contribution in [0.3, 0.4) is 0 Å². The van der Waals surface area contributed by atoms with E-state index in [2.05, 4.69) is 70.9 Å². The molecule has 2 N–H and O–H groups in total. The van der Waals surface area contributed by atoms with Gasteiger partial charge in [0.2, 0.25) is 0 Å². The molecule has 1 saturated heterocycles. The largest absolute Gasteiger partial charge is 0.338 e.